The van der Waals surface area contributed by atoms with Crippen LogP contribution in [0.25, 0.3) is 0 Å². The maximum Gasteiger partial charge on any atom is 0.216 e. The Morgan fingerprint density at radius 3 is 1.69 bits per heavy atom. The van der Waals surface area contributed by atoms with Gasteiger partial charge in [-0.3, -0.25) is 14.3 Å². The molecular formula is C28H42N4O4. The molecule has 0 aromatic carbocycles. The fourth-order valence-corrected chi connectivity index (χ4v) is 8.87. The van der Waals surface area contributed by atoms with Crippen LogP contribution in [0, 0.1) is 21.7 Å². The van der Waals surface area contributed by atoms with Gasteiger partial charge in [0, 0.05) is 46.0 Å². The molecule has 4 atom stereocenters. The summed E-state index contributed by atoms with van der Waals surface area (Å²) in [6.07, 6.45) is 12.4. The average molecular weight is 499 g/mol. The summed E-state index contributed by atoms with van der Waals surface area (Å²) < 4.78 is 1.62. The van der Waals surface area contributed by atoms with Crippen molar-refractivity contribution in [1.82, 2.24) is 20.3 Å². The highest BCUT2D eigenvalue weighted by Crippen LogP contribution is 2.76. The summed E-state index contributed by atoms with van der Waals surface area (Å²) in [5, 5.41) is 11.1. The number of hydrogen-bond donors (Lipinski definition) is 1. The quantitative estimate of drug-likeness (QED) is 0.441. The second kappa shape index (κ2) is 9.82. The summed E-state index contributed by atoms with van der Waals surface area (Å²) in [5.74, 6) is 0.590. The molecule has 4 bridgehead atoms. The van der Waals surface area contributed by atoms with Gasteiger partial charge < -0.3 is 14.9 Å². The molecule has 0 spiro atoms. The Kier molecular flexibility index (Phi) is 7.28. The lowest BCUT2D eigenvalue weighted by molar-refractivity contribution is -0.208. The second-order valence-corrected chi connectivity index (χ2v) is 13.0. The molecule has 1 N–H and O–H groups in total. The summed E-state index contributed by atoms with van der Waals surface area (Å²) in [7, 11) is 1.80. The number of nitrogens with zero attached hydrogens (tertiary/aromatic N) is 3. The van der Waals surface area contributed by atoms with Crippen LogP contribution in [-0.2, 0) is 32.6 Å². The Labute approximate surface area is 214 Å². The van der Waals surface area contributed by atoms with Gasteiger partial charge in [0.05, 0.1) is 12.1 Å². The van der Waals surface area contributed by atoms with Crippen molar-refractivity contribution in [3.8, 4) is 0 Å². The van der Waals surface area contributed by atoms with Crippen molar-refractivity contribution in [3.05, 3.63) is 11.9 Å². The fraction of sp³-hybridized carbons (Fsp3) is 0.786. The van der Waals surface area contributed by atoms with E-state index in [0.717, 1.165) is 57.8 Å². The molecule has 0 saturated heterocycles. The van der Waals surface area contributed by atoms with E-state index < -0.39 is 0 Å². The van der Waals surface area contributed by atoms with Gasteiger partial charge in [0.15, 0.2) is 0 Å². The molecule has 2 unspecified atom stereocenters. The number of rotatable bonds is 13. The normalized spacial score (nSPS) is 32.4. The standard InChI is InChI=1S/C28H42N4O4/c1-20(33)5-8-25-13-26(9-6-21(2)34)15-27(14-25,18-28(16-25,17-26)19-29-22(3)35)10-7-24(36)11-23-12-32(4)31-30-23/h12H,5-11,13-19H2,1-4H3,(H,29,35)/t25-,26+,27?,28?. The number of ketones is 3. The number of hydrogen-bond acceptors (Lipinski definition) is 6. The fourth-order valence-electron chi connectivity index (χ4n) is 8.87. The topological polar surface area (TPSA) is 111 Å². The molecule has 4 fully saturated rings. The smallest absolute Gasteiger partial charge is 0.216 e. The Hall–Kier alpha value is -2.38. The van der Waals surface area contributed by atoms with Gasteiger partial charge >= 0.3 is 0 Å². The summed E-state index contributed by atoms with van der Waals surface area (Å²) in [5.41, 5.74) is 0.722. The van der Waals surface area contributed by atoms with Crippen molar-refractivity contribution in [3.63, 3.8) is 0 Å². The van der Waals surface area contributed by atoms with E-state index in [1.54, 1.807) is 38.7 Å². The van der Waals surface area contributed by atoms with E-state index in [9.17, 15) is 19.2 Å². The lowest BCUT2D eigenvalue weighted by Crippen LogP contribution is -2.63. The zero-order chi connectivity index (χ0) is 26.2. The Morgan fingerprint density at radius 1 is 0.806 bits per heavy atom. The number of carbonyl (C=O) groups is 4. The van der Waals surface area contributed by atoms with Gasteiger partial charge in [-0.25, -0.2) is 0 Å². The van der Waals surface area contributed by atoms with Crippen molar-refractivity contribution in [2.24, 2.45) is 28.7 Å². The van der Waals surface area contributed by atoms with Crippen molar-refractivity contribution in [2.45, 2.75) is 104 Å². The molecule has 198 valence electrons. The highest BCUT2D eigenvalue weighted by atomic mass is 16.1. The highest BCUT2D eigenvalue weighted by molar-refractivity contribution is 5.80. The zero-order valence-corrected chi connectivity index (χ0v) is 22.5. The number of nitrogens with one attached hydrogen (secondary N) is 1. The molecule has 8 heteroatoms. The summed E-state index contributed by atoms with van der Waals surface area (Å²) >= 11 is 0. The Bertz CT molecular complexity index is 952. The monoisotopic (exact) mass is 498 g/mol. The van der Waals surface area contributed by atoms with Gasteiger partial charge in [0.25, 0.3) is 0 Å². The molecule has 4 saturated carbocycles. The van der Waals surface area contributed by atoms with Crippen LogP contribution in [-0.4, -0.2) is 44.8 Å². The number of carbonyl (C=O) groups excluding carboxylic acids is 4. The predicted molar refractivity (Wildman–Crippen MR) is 135 cm³/mol. The van der Waals surface area contributed by atoms with Gasteiger partial charge in [-0.15, -0.1) is 5.10 Å². The molecular weight excluding hydrogens is 456 g/mol. The van der Waals surface area contributed by atoms with Gasteiger partial charge in [-0.1, -0.05) is 5.21 Å². The summed E-state index contributed by atoms with van der Waals surface area (Å²) in [6.45, 7) is 5.54. The van der Waals surface area contributed by atoms with Gasteiger partial charge in [0.2, 0.25) is 5.91 Å². The van der Waals surface area contributed by atoms with Gasteiger partial charge in [-0.05, 0) is 93.3 Å². The SMILES string of the molecule is CC(=O)CC[C@]12CC3(CCC(=O)Cc4cn(C)nn4)CC(CNC(C)=O)(C1)C[C@@](CCC(C)=O)(C3)C2. The molecule has 1 heterocycles. The molecule has 0 aliphatic heterocycles. The maximum atomic E-state index is 13.0. The minimum Gasteiger partial charge on any atom is -0.356 e. The van der Waals surface area contributed by atoms with Crippen molar-refractivity contribution >= 4 is 23.3 Å². The van der Waals surface area contributed by atoms with Crippen LogP contribution in [0.1, 0.15) is 104 Å². The van der Waals surface area contributed by atoms with E-state index in [1.165, 1.54) is 0 Å². The average Bonchev–Trinajstić information content (AvgIpc) is 3.17. The minimum atomic E-state index is -0.0397. The summed E-state index contributed by atoms with van der Waals surface area (Å²) in [6, 6.07) is 0. The third-order valence-electron chi connectivity index (χ3n) is 9.19. The minimum absolute atomic E-state index is 0.00117. The molecule has 1 aromatic rings. The van der Waals surface area contributed by atoms with E-state index >= 15 is 0 Å². The first kappa shape index (κ1) is 26.7. The Morgan fingerprint density at radius 2 is 1.28 bits per heavy atom. The van der Waals surface area contributed by atoms with E-state index in [0.29, 0.717) is 37.9 Å². The van der Waals surface area contributed by atoms with Crippen LogP contribution >= 0.6 is 0 Å². The molecule has 0 radical (unpaired) electrons. The van der Waals surface area contributed by atoms with Gasteiger partial charge in [0.1, 0.15) is 17.3 Å². The molecule has 4 aliphatic carbocycles. The van der Waals surface area contributed by atoms with Crippen LogP contribution in [0.3, 0.4) is 0 Å². The number of Topliss-reactive ketones (excluding diaryl/α,β-unsaturated/α-hetero) is 3. The first-order valence-electron chi connectivity index (χ1n) is 13.5. The third kappa shape index (κ3) is 5.94. The number of amides is 1. The molecule has 4 aliphatic rings. The molecule has 1 aromatic heterocycles. The highest BCUT2D eigenvalue weighted by Gasteiger charge is 2.67. The van der Waals surface area contributed by atoms with E-state index in [1.807, 2.05) is 0 Å². The molecule has 36 heavy (non-hydrogen) atoms. The van der Waals surface area contributed by atoms with Crippen LogP contribution in [0.5, 0.6) is 0 Å². The molecule has 8 nitrogen and oxygen atoms in total. The first-order chi connectivity index (χ1) is 16.9. The number of aromatic nitrogens is 3. The predicted octanol–water partition coefficient (Wildman–Crippen LogP) is 3.91. The lowest BCUT2D eigenvalue weighted by atomic mass is 9.33. The summed E-state index contributed by atoms with van der Waals surface area (Å²) in [4.78, 5) is 49.0. The van der Waals surface area contributed by atoms with E-state index in [2.05, 4.69) is 15.6 Å². The van der Waals surface area contributed by atoms with Crippen LogP contribution < -0.4 is 5.32 Å². The zero-order valence-electron chi connectivity index (χ0n) is 22.5. The lowest BCUT2D eigenvalue weighted by Gasteiger charge is -2.71. The third-order valence-corrected chi connectivity index (χ3v) is 9.19. The van der Waals surface area contributed by atoms with E-state index in [-0.39, 0.29) is 44.9 Å². The second-order valence-electron chi connectivity index (χ2n) is 13.0. The maximum absolute atomic E-state index is 13.0. The molecule has 1 amide bonds. The first-order valence-corrected chi connectivity index (χ1v) is 13.5. The number of aryl methyl sites for hydroxylation is 1. The van der Waals surface area contributed by atoms with Crippen LogP contribution in [0.4, 0.5) is 0 Å². The van der Waals surface area contributed by atoms with Crippen molar-refractivity contribution in [1.29, 1.82) is 0 Å². The van der Waals surface area contributed by atoms with Crippen molar-refractivity contribution < 1.29 is 19.2 Å². The molecule has 5 rings (SSSR count). The van der Waals surface area contributed by atoms with Crippen LogP contribution in [0.2, 0.25) is 0 Å². The Balaban J connectivity index is 1.61. The van der Waals surface area contributed by atoms with E-state index in [4.69, 9.17) is 0 Å². The van der Waals surface area contributed by atoms with Crippen molar-refractivity contribution in [2.75, 3.05) is 6.54 Å². The van der Waals surface area contributed by atoms with Gasteiger partial charge in [-0.2, -0.15) is 0 Å². The van der Waals surface area contributed by atoms with Crippen LogP contribution in [0.15, 0.2) is 6.20 Å². The largest absolute Gasteiger partial charge is 0.356 e.